The first-order valence-electron chi connectivity index (χ1n) is 7.51. The lowest BCUT2D eigenvalue weighted by Gasteiger charge is -2.30. The van der Waals surface area contributed by atoms with Gasteiger partial charge in [0.25, 0.3) is 0 Å². The molecule has 1 aromatic rings. The summed E-state index contributed by atoms with van der Waals surface area (Å²) in [6, 6.07) is 0.747. The molecule has 1 saturated heterocycles. The number of imidazole rings is 1. The summed E-state index contributed by atoms with van der Waals surface area (Å²) in [4.78, 5) is 7.75. The molecule has 108 valence electrons. The Morgan fingerprint density at radius 2 is 2.26 bits per heavy atom. The van der Waals surface area contributed by atoms with Crippen molar-refractivity contribution in [3.8, 4) is 0 Å². The van der Waals surface area contributed by atoms with E-state index >= 15 is 0 Å². The maximum absolute atomic E-state index is 4.44. The molecule has 2 unspecified atom stereocenters. The monoisotopic (exact) mass is 327 g/mol. The highest BCUT2D eigenvalue weighted by Crippen LogP contribution is 2.22. The summed E-state index contributed by atoms with van der Waals surface area (Å²) in [6.07, 6.45) is 11.8. The van der Waals surface area contributed by atoms with E-state index in [1.54, 1.807) is 0 Å². The van der Waals surface area contributed by atoms with Gasteiger partial charge in [0.05, 0.1) is 0 Å². The van der Waals surface area contributed by atoms with Crippen LogP contribution in [0.1, 0.15) is 44.9 Å². The van der Waals surface area contributed by atoms with Crippen molar-refractivity contribution in [3.63, 3.8) is 0 Å². The molecule has 0 N–H and O–H groups in total. The van der Waals surface area contributed by atoms with E-state index in [1.165, 1.54) is 44.5 Å². The molecule has 0 amide bonds. The van der Waals surface area contributed by atoms with Crippen LogP contribution >= 0.6 is 15.9 Å². The third-order valence-electron chi connectivity index (χ3n) is 4.14. The van der Waals surface area contributed by atoms with Crippen LogP contribution in [0.15, 0.2) is 12.4 Å². The van der Waals surface area contributed by atoms with Gasteiger partial charge in [-0.15, -0.1) is 0 Å². The van der Waals surface area contributed by atoms with Gasteiger partial charge in [-0.3, -0.25) is 4.90 Å². The molecule has 4 heteroatoms. The highest BCUT2D eigenvalue weighted by Gasteiger charge is 2.22. The van der Waals surface area contributed by atoms with Crippen molar-refractivity contribution in [3.05, 3.63) is 18.2 Å². The fourth-order valence-electron chi connectivity index (χ4n) is 3.05. The first kappa shape index (κ1) is 15.0. The number of halogens is 1. The molecule has 2 rings (SSSR count). The van der Waals surface area contributed by atoms with Gasteiger partial charge < -0.3 is 4.57 Å². The summed E-state index contributed by atoms with van der Waals surface area (Å²) in [6.45, 7) is 4.67. The average molecular weight is 328 g/mol. The average Bonchev–Trinajstić information content (AvgIpc) is 2.64. The summed E-state index contributed by atoms with van der Waals surface area (Å²) >= 11 is 3.72. The van der Waals surface area contributed by atoms with E-state index in [0.717, 1.165) is 19.0 Å². The van der Waals surface area contributed by atoms with Gasteiger partial charge in [-0.25, -0.2) is 4.98 Å². The number of aryl methyl sites for hydroxylation is 1. The van der Waals surface area contributed by atoms with Gasteiger partial charge in [0.2, 0.25) is 0 Å². The van der Waals surface area contributed by atoms with Crippen LogP contribution < -0.4 is 0 Å². The van der Waals surface area contributed by atoms with Crippen LogP contribution in [0.2, 0.25) is 0 Å². The Bertz CT molecular complexity index is 375. The molecule has 19 heavy (non-hydrogen) atoms. The highest BCUT2D eigenvalue weighted by molar-refractivity contribution is 9.09. The summed E-state index contributed by atoms with van der Waals surface area (Å²) in [5, 5.41) is 0. The molecule has 1 aromatic heterocycles. The van der Waals surface area contributed by atoms with Crippen LogP contribution in [0.3, 0.4) is 0 Å². The van der Waals surface area contributed by atoms with Crippen molar-refractivity contribution in [1.82, 2.24) is 14.5 Å². The Morgan fingerprint density at radius 3 is 2.95 bits per heavy atom. The lowest BCUT2D eigenvalue weighted by molar-refractivity contribution is 0.191. The van der Waals surface area contributed by atoms with Crippen LogP contribution in [0, 0.1) is 0 Å². The van der Waals surface area contributed by atoms with Crippen molar-refractivity contribution >= 4 is 15.9 Å². The lowest BCUT2D eigenvalue weighted by Crippen LogP contribution is -2.38. The second kappa shape index (κ2) is 7.44. The minimum atomic E-state index is 0.617. The maximum atomic E-state index is 4.44. The van der Waals surface area contributed by atoms with Crippen LogP contribution in [0.5, 0.6) is 0 Å². The third kappa shape index (κ3) is 4.60. The summed E-state index contributed by atoms with van der Waals surface area (Å²) < 4.78 is 2.14. The molecular weight excluding hydrogens is 302 g/mol. The van der Waals surface area contributed by atoms with Gasteiger partial charge in [-0.1, -0.05) is 35.7 Å². The fraction of sp³-hybridized carbons (Fsp3) is 0.800. The SMILES string of the molecule is CC(Br)CC1CCCCCN1CCc1nccn1C. The predicted molar refractivity (Wildman–Crippen MR) is 83.7 cm³/mol. The first-order valence-corrected chi connectivity index (χ1v) is 8.42. The molecular formula is C15H26BrN3. The van der Waals surface area contributed by atoms with E-state index in [9.17, 15) is 0 Å². The molecule has 1 aliphatic heterocycles. The number of likely N-dealkylation sites (tertiary alicyclic amines) is 1. The number of aromatic nitrogens is 2. The van der Waals surface area contributed by atoms with E-state index in [0.29, 0.717) is 4.83 Å². The Hall–Kier alpha value is -0.350. The molecule has 3 nitrogen and oxygen atoms in total. The second-order valence-electron chi connectivity index (χ2n) is 5.76. The van der Waals surface area contributed by atoms with Gasteiger partial charge in [0.15, 0.2) is 0 Å². The molecule has 0 aliphatic carbocycles. The minimum absolute atomic E-state index is 0.617. The second-order valence-corrected chi connectivity index (χ2v) is 7.32. The van der Waals surface area contributed by atoms with E-state index in [-0.39, 0.29) is 0 Å². The topological polar surface area (TPSA) is 21.1 Å². The highest BCUT2D eigenvalue weighted by atomic mass is 79.9. The van der Waals surface area contributed by atoms with E-state index in [2.05, 4.69) is 44.4 Å². The molecule has 0 radical (unpaired) electrons. The predicted octanol–water partition coefficient (Wildman–Crippen LogP) is 3.38. The normalized spacial score (nSPS) is 23.2. The van der Waals surface area contributed by atoms with E-state index in [1.807, 2.05) is 12.4 Å². The molecule has 1 fully saturated rings. The van der Waals surface area contributed by atoms with Crippen LogP contribution in [-0.4, -0.2) is 38.4 Å². The Morgan fingerprint density at radius 1 is 1.42 bits per heavy atom. The lowest BCUT2D eigenvalue weighted by atomic mass is 10.0. The Balaban J connectivity index is 1.92. The molecule has 0 bridgehead atoms. The van der Waals surface area contributed by atoms with Gasteiger partial charge >= 0.3 is 0 Å². The maximum Gasteiger partial charge on any atom is 0.109 e. The van der Waals surface area contributed by atoms with E-state index in [4.69, 9.17) is 0 Å². The van der Waals surface area contributed by atoms with Crippen LogP contribution in [0.25, 0.3) is 0 Å². The van der Waals surface area contributed by atoms with Crippen molar-refractivity contribution < 1.29 is 0 Å². The van der Waals surface area contributed by atoms with Crippen LogP contribution in [0.4, 0.5) is 0 Å². The molecule has 0 spiro atoms. The summed E-state index contributed by atoms with van der Waals surface area (Å²) in [5.74, 6) is 1.20. The number of alkyl halides is 1. The van der Waals surface area contributed by atoms with Crippen molar-refractivity contribution in [2.75, 3.05) is 13.1 Å². The molecule has 2 heterocycles. The molecule has 2 atom stereocenters. The minimum Gasteiger partial charge on any atom is -0.338 e. The third-order valence-corrected chi connectivity index (χ3v) is 4.51. The van der Waals surface area contributed by atoms with Gasteiger partial charge in [0, 0.05) is 43.3 Å². The largest absolute Gasteiger partial charge is 0.338 e. The summed E-state index contributed by atoms with van der Waals surface area (Å²) in [5.41, 5.74) is 0. The zero-order chi connectivity index (χ0) is 13.7. The molecule has 0 aromatic carbocycles. The van der Waals surface area contributed by atoms with Crippen molar-refractivity contribution in [1.29, 1.82) is 0 Å². The Labute approximate surface area is 125 Å². The summed E-state index contributed by atoms with van der Waals surface area (Å²) in [7, 11) is 2.09. The quantitative estimate of drug-likeness (QED) is 0.773. The first-order chi connectivity index (χ1) is 9.16. The van der Waals surface area contributed by atoms with Gasteiger partial charge in [0.1, 0.15) is 5.82 Å². The van der Waals surface area contributed by atoms with Gasteiger partial charge in [-0.05, 0) is 25.8 Å². The molecule has 1 aliphatic rings. The Kier molecular flexibility index (Phi) is 5.89. The van der Waals surface area contributed by atoms with E-state index < -0.39 is 0 Å². The smallest absolute Gasteiger partial charge is 0.109 e. The number of nitrogens with zero attached hydrogens (tertiary/aromatic N) is 3. The van der Waals surface area contributed by atoms with Gasteiger partial charge in [-0.2, -0.15) is 0 Å². The van der Waals surface area contributed by atoms with Crippen molar-refractivity contribution in [2.45, 2.75) is 56.3 Å². The number of rotatable bonds is 5. The zero-order valence-electron chi connectivity index (χ0n) is 12.2. The van der Waals surface area contributed by atoms with Crippen LogP contribution in [-0.2, 0) is 13.5 Å². The number of hydrogen-bond acceptors (Lipinski definition) is 2. The standard InChI is InChI=1S/C15H26BrN3/c1-13(16)12-14-6-4-3-5-9-19(14)10-7-15-17-8-11-18(15)2/h8,11,13-14H,3-7,9-10,12H2,1-2H3. The van der Waals surface area contributed by atoms with Crippen molar-refractivity contribution in [2.24, 2.45) is 7.05 Å². The zero-order valence-corrected chi connectivity index (χ0v) is 13.8. The fourth-order valence-corrected chi connectivity index (χ4v) is 3.49. The molecule has 0 saturated carbocycles. The number of hydrogen-bond donors (Lipinski definition) is 0.